The van der Waals surface area contributed by atoms with Gasteiger partial charge in [0.15, 0.2) is 4.90 Å². The van der Waals surface area contributed by atoms with E-state index in [1.54, 1.807) is 30.3 Å². The van der Waals surface area contributed by atoms with Gasteiger partial charge >= 0.3 is 0 Å². The van der Waals surface area contributed by atoms with Crippen LogP contribution in [0.25, 0.3) is 0 Å². The quantitative estimate of drug-likeness (QED) is 0.208. The fraction of sp³-hybridized carbons (Fsp3) is 0.375. The molecule has 0 aromatic heterocycles. The fourth-order valence-electron chi connectivity index (χ4n) is 4.09. The van der Waals surface area contributed by atoms with Crippen LogP contribution in [0.1, 0.15) is 34.3 Å². The van der Waals surface area contributed by atoms with E-state index in [4.69, 9.17) is 8.92 Å². The molecule has 2 aliphatic rings. The molecule has 0 spiro atoms. The van der Waals surface area contributed by atoms with Crippen molar-refractivity contribution in [3.8, 4) is 0 Å². The first-order chi connectivity index (χ1) is 17.2. The van der Waals surface area contributed by atoms with E-state index in [2.05, 4.69) is 5.32 Å². The van der Waals surface area contributed by atoms with E-state index in [1.165, 1.54) is 17.0 Å². The molecule has 10 nitrogen and oxygen atoms in total. The van der Waals surface area contributed by atoms with Gasteiger partial charge in [-0.05, 0) is 48.8 Å². The number of carbonyl (C=O) groups excluding carboxylic acids is 3. The van der Waals surface area contributed by atoms with Gasteiger partial charge in [-0.15, -0.1) is 0 Å². The lowest BCUT2D eigenvalue weighted by Gasteiger charge is -2.29. The number of imide groups is 1. The van der Waals surface area contributed by atoms with Crippen molar-refractivity contribution in [2.24, 2.45) is 0 Å². The maximum absolute atomic E-state index is 13.0. The maximum atomic E-state index is 13.0. The van der Waals surface area contributed by atoms with Gasteiger partial charge < -0.3 is 14.2 Å². The van der Waals surface area contributed by atoms with E-state index in [0.29, 0.717) is 16.0 Å². The molecule has 1 fully saturated rings. The first-order valence-electron chi connectivity index (χ1n) is 11.4. The highest BCUT2D eigenvalue weighted by atomic mass is 32.2. The number of rotatable bonds is 10. The zero-order chi connectivity index (χ0) is 25.9. The summed E-state index contributed by atoms with van der Waals surface area (Å²) >= 11 is -1.49. The van der Waals surface area contributed by atoms with Crippen molar-refractivity contribution in [3.63, 3.8) is 0 Å². The van der Waals surface area contributed by atoms with Crippen LogP contribution in [-0.2, 0) is 46.3 Å². The van der Waals surface area contributed by atoms with Crippen molar-refractivity contribution < 1.29 is 36.3 Å². The van der Waals surface area contributed by atoms with Gasteiger partial charge in [0.2, 0.25) is 11.8 Å². The summed E-state index contributed by atoms with van der Waals surface area (Å²) in [6, 6.07) is 10.5. The predicted molar refractivity (Wildman–Crippen MR) is 129 cm³/mol. The Morgan fingerprint density at radius 2 is 1.83 bits per heavy atom. The molecule has 192 valence electrons. The molecule has 2 aromatic rings. The SMILES string of the molecule is Cc1ccc(S(=O)(=O)OCCOCC[S+]([O-])c2cccc3c2CN(C2CCC(=O)NC2=O)C3=O)cc1. The number of hydrogen-bond acceptors (Lipinski definition) is 8. The molecule has 0 bridgehead atoms. The van der Waals surface area contributed by atoms with Crippen LogP contribution in [0.15, 0.2) is 52.3 Å². The molecule has 2 unspecified atom stereocenters. The van der Waals surface area contributed by atoms with Gasteiger partial charge in [0.1, 0.15) is 11.8 Å². The van der Waals surface area contributed by atoms with E-state index in [0.717, 1.165) is 5.56 Å². The average molecular weight is 535 g/mol. The van der Waals surface area contributed by atoms with Crippen LogP contribution in [0.2, 0.25) is 0 Å². The molecule has 4 rings (SSSR count). The number of carbonyl (C=O) groups is 3. The maximum Gasteiger partial charge on any atom is 0.297 e. The lowest BCUT2D eigenvalue weighted by Crippen LogP contribution is -2.52. The molecule has 0 saturated carbocycles. The number of nitrogens with one attached hydrogen (secondary N) is 1. The predicted octanol–water partition coefficient (Wildman–Crippen LogP) is 1.29. The molecule has 1 N–H and O–H groups in total. The Hall–Kier alpha value is -2.77. The van der Waals surface area contributed by atoms with Gasteiger partial charge in [0.05, 0.1) is 31.3 Å². The van der Waals surface area contributed by atoms with E-state index in [1.807, 2.05) is 6.92 Å². The summed E-state index contributed by atoms with van der Waals surface area (Å²) in [7, 11) is -3.88. The highest BCUT2D eigenvalue weighted by Crippen LogP contribution is 2.32. The van der Waals surface area contributed by atoms with Gasteiger partial charge in [0, 0.05) is 17.5 Å². The molecule has 12 heteroatoms. The molecule has 0 radical (unpaired) electrons. The molecule has 2 aliphatic heterocycles. The number of piperidine rings is 1. The number of nitrogens with zero attached hydrogens (tertiary/aromatic N) is 1. The fourth-order valence-corrected chi connectivity index (χ4v) is 6.15. The molecule has 1 saturated heterocycles. The normalized spacial score (nSPS) is 18.8. The second kappa shape index (κ2) is 11.1. The summed E-state index contributed by atoms with van der Waals surface area (Å²) in [5.74, 6) is -1.06. The minimum Gasteiger partial charge on any atom is -0.611 e. The Balaban J connectivity index is 1.28. The summed E-state index contributed by atoms with van der Waals surface area (Å²) in [6.07, 6.45) is 0.404. The monoisotopic (exact) mass is 534 g/mol. The van der Waals surface area contributed by atoms with Crippen molar-refractivity contribution in [1.29, 1.82) is 0 Å². The third-order valence-electron chi connectivity index (χ3n) is 5.97. The minimum absolute atomic E-state index is 0.00301. The van der Waals surface area contributed by atoms with Gasteiger partial charge in [-0.25, -0.2) is 0 Å². The van der Waals surface area contributed by atoms with E-state index < -0.39 is 33.2 Å². The molecule has 2 aromatic carbocycles. The second-order valence-electron chi connectivity index (χ2n) is 8.43. The van der Waals surface area contributed by atoms with Crippen molar-refractivity contribution in [3.05, 3.63) is 59.2 Å². The smallest absolute Gasteiger partial charge is 0.297 e. The number of aryl methyl sites for hydroxylation is 1. The van der Waals surface area contributed by atoms with Crippen LogP contribution in [0.3, 0.4) is 0 Å². The van der Waals surface area contributed by atoms with Crippen LogP contribution in [0.5, 0.6) is 0 Å². The van der Waals surface area contributed by atoms with Crippen LogP contribution >= 0.6 is 0 Å². The summed E-state index contributed by atoms with van der Waals surface area (Å²) < 4.78 is 47.7. The first kappa shape index (κ1) is 26.3. The Labute approximate surface area is 212 Å². The van der Waals surface area contributed by atoms with E-state index in [-0.39, 0.29) is 61.7 Å². The van der Waals surface area contributed by atoms with Crippen LogP contribution in [0, 0.1) is 6.92 Å². The second-order valence-corrected chi connectivity index (χ2v) is 11.6. The highest BCUT2D eigenvalue weighted by Gasteiger charge is 2.41. The largest absolute Gasteiger partial charge is 0.611 e. The van der Waals surface area contributed by atoms with E-state index in [9.17, 15) is 27.4 Å². The Morgan fingerprint density at radius 1 is 1.08 bits per heavy atom. The van der Waals surface area contributed by atoms with Crippen molar-refractivity contribution >= 4 is 39.0 Å². The topological polar surface area (TPSA) is 142 Å². The van der Waals surface area contributed by atoms with Gasteiger partial charge in [-0.1, -0.05) is 23.8 Å². The number of ether oxygens (including phenoxy) is 1. The minimum atomic E-state index is -3.88. The van der Waals surface area contributed by atoms with Gasteiger partial charge in [0.25, 0.3) is 16.0 Å². The molecular weight excluding hydrogens is 508 g/mol. The van der Waals surface area contributed by atoms with Gasteiger partial charge in [-0.3, -0.25) is 23.9 Å². The third kappa shape index (κ3) is 5.79. The molecule has 2 heterocycles. The van der Waals surface area contributed by atoms with Crippen LogP contribution < -0.4 is 5.32 Å². The number of fused-ring (bicyclic) bond motifs is 1. The summed E-state index contributed by atoms with van der Waals surface area (Å²) in [4.78, 5) is 38.5. The first-order valence-corrected chi connectivity index (χ1v) is 14.1. The summed E-state index contributed by atoms with van der Waals surface area (Å²) in [5, 5.41) is 2.26. The standard InChI is InChI=1S/C24H26N2O8S2/c1-16-5-7-17(8-6-16)36(31,32)34-12-11-33-13-14-35(30)21-4-2-3-18-19(21)15-26(24(18)29)20-9-10-22(27)25-23(20)28/h2-8,20H,9-15H2,1H3,(H,25,27,28). The zero-order valence-electron chi connectivity index (χ0n) is 19.6. The molecule has 36 heavy (non-hydrogen) atoms. The third-order valence-corrected chi connectivity index (χ3v) is 8.71. The van der Waals surface area contributed by atoms with E-state index >= 15 is 0 Å². The Morgan fingerprint density at radius 3 is 2.56 bits per heavy atom. The lowest BCUT2D eigenvalue weighted by atomic mass is 10.0. The summed E-state index contributed by atoms with van der Waals surface area (Å²) in [6.45, 7) is 1.89. The number of benzene rings is 2. The molecule has 0 aliphatic carbocycles. The summed E-state index contributed by atoms with van der Waals surface area (Å²) in [5.41, 5.74) is 1.92. The lowest BCUT2D eigenvalue weighted by molar-refractivity contribution is -0.136. The average Bonchev–Trinajstić information content (AvgIpc) is 3.17. The van der Waals surface area contributed by atoms with Crippen molar-refractivity contribution in [2.45, 2.75) is 42.1 Å². The van der Waals surface area contributed by atoms with Gasteiger partial charge in [-0.2, -0.15) is 8.42 Å². The van der Waals surface area contributed by atoms with Crippen molar-refractivity contribution in [1.82, 2.24) is 10.2 Å². The Bertz CT molecular complexity index is 1260. The van der Waals surface area contributed by atoms with Crippen LogP contribution in [-0.4, -0.2) is 67.2 Å². The number of hydrogen-bond donors (Lipinski definition) is 1. The van der Waals surface area contributed by atoms with Crippen molar-refractivity contribution in [2.75, 3.05) is 25.6 Å². The molecule has 2 atom stereocenters. The zero-order valence-corrected chi connectivity index (χ0v) is 21.2. The molecular formula is C24H26N2O8S2. The highest BCUT2D eigenvalue weighted by molar-refractivity contribution is 7.91. The Kier molecular flexibility index (Phi) is 8.10. The van der Waals surface area contributed by atoms with Crippen LogP contribution in [0.4, 0.5) is 0 Å². The number of amides is 3. The molecule has 3 amide bonds.